The molecule has 1 unspecified atom stereocenters. The number of hydrogen-bond acceptors (Lipinski definition) is 4. The fourth-order valence-electron chi connectivity index (χ4n) is 2.65. The Balaban J connectivity index is 2.30. The van der Waals surface area contributed by atoms with Crippen LogP contribution in [0.25, 0.3) is 0 Å². The number of anilines is 1. The van der Waals surface area contributed by atoms with Crippen LogP contribution in [0.4, 0.5) is 5.69 Å². The average molecular weight is 282 g/mol. The fraction of sp³-hybridized carbons (Fsp3) is 0.571. The molecule has 1 saturated heterocycles. The number of hydrogen-bond donors (Lipinski definition) is 1. The van der Waals surface area contributed by atoms with Crippen molar-refractivity contribution in [2.24, 2.45) is 0 Å². The van der Waals surface area contributed by atoms with Gasteiger partial charge in [-0.3, -0.25) is 0 Å². The van der Waals surface area contributed by atoms with Crippen molar-refractivity contribution in [1.82, 2.24) is 5.32 Å². The largest absolute Gasteiger partial charge is 0.371 e. The van der Waals surface area contributed by atoms with E-state index in [1.807, 2.05) is 19.2 Å². The van der Waals surface area contributed by atoms with Crippen molar-refractivity contribution in [1.29, 1.82) is 0 Å². The van der Waals surface area contributed by atoms with E-state index in [4.69, 9.17) is 0 Å². The Hall–Kier alpha value is -1.07. The van der Waals surface area contributed by atoms with Gasteiger partial charge >= 0.3 is 0 Å². The summed E-state index contributed by atoms with van der Waals surface area (Å²) in [6, 6.07) is 7.67. The first-order valence-corrected chi connectivity index (χ1v) is 8.62. The predicted octanol–water partition coefficient (Wildman–Crippen LogP) is 1.67. The Morgan fingerprint density at radius 3 is 2.68 bits per heavy atom. The quantitative estimate of drug-likeness (QED) is 0.916. The lowest BCUT2D eigenvalue weighted by atomic mass is 10.1. The fourth-order valence-corrected chi connectivity index (χ4v) is 3.56. The molecule has 1 aromatic carbocycles. The van der Waals surface area contributed by atoms with Crippen LogP contribution in [0.3, 0.4) is 0 Å². The summed E-state index contributed by atoms with van der Waals surface area (Å²) < 4.78 is 23.7. The molecule has 1 aliphatic heterocycles. The van der Waals surface area contributed by atoms with Gasteiger partial charge in [-0.2, -0.15) is 0 Å². The van der Waals surface area contributed by atoms with Crippen LogP contribution < -0.4 is 10.2 Å². The van der Waals surface area contributed by atoms with Crippen molar-refractivity contribution in [3.63, 3.8) is 0 Å². The van der Waals surface area contributed by atoms with Crippen LogP contribution in [-0.2, 0) is 9.84 Å². The van der Waals surface area contributed by atoms with Crippen LogP contribution in [0.15, 0.2) is 29.2 Å². The highest BCUT2D eigenvalue weighted by Gasteiger charge is 2.21. The molecule has 5 heteroatoms. The van der Waals surface area contributed by atoms with E-state index in [0.29, 0.717) is 10.9 Å². The van der Waals surface area contributed by atoms with E-state index >= 15 is 0 Å². The topological polar surface area (TPSA) is 49.4 Å². The van der Waals surface area contributed by atoms with Crippen molar-refractivity contribution < 1.29 is 8.42 Å². The number of nitrogens with zero attached hydrogens (tertiary/aromatic N) is 1. The Bertz CT molecular complexity index is 520. The highest BCUT2D eigenvalue weighted by atomic mass is 32.2. The summed E-state index contributed by atoms with van der Waals surface area (Å²) in [5.41, 5.74) is 0.817. The Morgan fingerprint density at radius 1 is 1.21 bits per heavy atom. The molecule has 1 N–H and O–H groups in total. The van der Waals surface area contributed by atoms with Crippen molar-refractivity contribution in [2.75, 3.05) is 31.3 Å². The highest BCUT2D eigenvalue weighted by Crippen LogP contribution is 2.27. The standard InChI is InChI=1S/C14H22N2O2S/c1-16(12-6-5-10-15-11-9-12)13-7-3-4-8-14(13)19(2,17)18/h3-4,7-8,12,15H,5-6,9-11H2,1-2H3. The Kier molecular flexibility index (Phi) is 4.47. The van der Waals surface area contributed by atoms with Crippen molar-refractivity contribution in [2.45, 2.75) is 30.2 Å². The minimum absolute atomic E-state index is 0.401. The van der Waals surface area contributed by atoms with Gasteiger partial charge in [-0.1, -0.05) is 12.1 Å². The second-order valence-electron chi connectivity index (χ2n) is 5.19. The van der Waals surface area contributed by atoms with E-state index in [9.17, 15) is 8.42 Å². The lowest BCUT2D eigenvalue weighted by Gasteiger charge is -2.30. The Morgan fingerprint density at radius 2 is 1.95 bits per heavy atom. The molecule has 19 heavy (non-hydrogen) atoms. The van der Waals surface area contributed by atoms with E-state index in [2.05, 4.69) is 10.2 Å². The molecule has 0 bridgehead atoms. The first-order chi connectivity index (χ1) is 9.00. The molecule has 106 valence electrons. The smallest absolute Gasteiger partial charge is 0.177 e. The van der Waals surface area contributed by atoms with Gasteiger partial charge in [-0.05, 0) is 44.5 Å². The first-order valence-electron chi connectivity index (χ1n) is 6.73. The summed E-state index contributed by atoms with van der Waals surface area (Å²) in [6.45, 7) is 2.05. The Labute approximate surface area is 115 Å². The van der Waals surface area contributed by atoms with Crippen LogP contribution in [0, 0.1) is 0 Å². The highest BCUT2D eigenvalue weighted by molar-refractivity contribution is 7.90. The second-order valence-corrected chi connectivity index (χ2v) is 7.17. The van der Waals surface area contributed by atoms with E-state index < -0.39 is 9.84 Å². The van der Waals surface area contributed by atoms with Crippen LogP contribution in [0.1, 0.15) is 19.3 Å². The third-order valence-electron chi connectivity index (χ3n) is 3.74. The number of nitrogens with one attached hydrogen (secondary N) is 1. The van der Waals surface area contributed by atoms with Crippen LogP contribution in [0.5, 0.6) is 0 Å². The van der Waals surface area contributed by atoms with Gasteiger partial charge < -0.3 is 10.2 Å². The molecule has 2 rings (SSSR count). The molecule has 0 amide bonds. The maximum atomic E-state index is 11.9. The van der Waals surface area contributed by atoms with Crippen LogP contribution >= 0.6 is 0 Å². The van der Waals surface area contributed by atoms with Gasteiger partial charge in [0.2, 0.25) is 0 Å². The van der Waals surface area contributed by atoms with Gasteiger partial charge in [-0.25, -0.2) is 8.42 Å². The van der Waals surface area contributed by atoms with Gasteiger partial charge in [0.1, 0.15) is 0 Å². The molecular weight excluding hydrogens is 260 g/mol. The third-order valence-corrected chi connectivity index (χ3v) is 4.88. The summed E-state index contributed by atoms with van der Waals surface area (Å²) in [6.07, 6.45) is 4.56. The number of sulfone groups is 1. The van der Waals surface area contributed by atoms with E-state index in [1.54, 1.807) is 12.1 Å². The summed E-state index contributed by atoms with van der Waals surface area (Å²) in [7, 11) is -1.18. The van der Waals surface area contributed by atoms with Crippen molar-refractivity contribution in [3.8, 4) is 0 Å². The molecule has 1 aliphatic rings. The summed E-state index contributed by atoms with van der Waals surface area (Å²) in [4.78, 5) is 2.55. The molecular formula is C14H22N2O2S. The summed E-state index contributed by atoms with van der Waals surface area (Å²) >= 11 is 0. The van der Waals surface area contributed by atoms with E-state index in [1.165, 1.54) is 6.26 Å². The number of benzene rings is 1. The molecule has 0 aliphatic carbocycles. The molecule has 0 aromatic heterocycles. The zero-order chi connectivity index (χ0) is 13.9. The lowest BCUT2D eigenvalue weighted by Crippen LogP contribution is -2.33. The summed E-state index contributed by atoms with van der Waals surface area (Å²) in [5, 5.41) is 3.38. The van der Waals surface area contributed by atoms with Gasteiger partial charge in [0.15, 0.2) is 9.84 Å². The zero-order valence-electron chi connectivity index (χ0n) is 11.6. The molecule has 1 heterocycles. The molecule has 0 spiro atoms. The first kappa shape index (κ1) is 14.3. The maximum absolute atomic E-state index is 11.9. The zero-order valence-corrected chi connectivity index (χ0v) is 12.4. The van der Waals surface area contributed by atoms with Gasteiger partial charge in [-0.15, -0.1) is 0 Å². The number of para-hydroxylation sites is 1. The molecule has 0 radical (unpaired) electrons. The number of rotatable bonds is 3. The molecule has 0 saturated carbocycles. The molecule has 1 fully saturated rings. The minimum atomic E-state index is -3.18. The van der Waals surface area contributed by atoms with E-state index in [0.717, 1.165) is 38.0 Å². The third kappa shape index (κ3) is 3.48. The molecule has 1 atom stereocenters. The van der Waals surface area contributed by atoms with Gasteiger partial charge in [0.25, 0.3) is 0 Å². The minimum Gasteiger partial charge on any atom is -0.371 e. The normalized spacial score (nSPS) is 20.8. The maximum Gasteiger partial charge on any atom is 0.177 e. The monoisotopic (exact) mass is 282 g/mol. The van der Waals surface area contributed by atoms with Crippen LogP contribution in [-0.4, -0.2) is 40.9 Å². The predicted molar refractivity (Wildman–Crippen MR) is 78.5 cm³/mol. The SMILES string of the molecule is CN(c1ccccc1S(C)(=O)=O)C1CCCNCC1. The van der Waals surface area contributed by atoms with Gasteiger partial charge in [0.05, 0.1) is 10.6 Å². The van der Waals surface area contributed by atoms with Crippen LogP contribution in [0.2, 0.25) is 0 Å². The molecule has 4 nitrogen and oxygen atoms in total. The molecule has 1 aromatic rings. The van der Waals surface area contributed by atoms with E-state index in [-0.39, 0.29) is 0 Å². The second kappa shape index (κ2) is 5.92. The average Bonchev–Trinajstić information content (AvgIpc) is 2.66. The van der Waals surface area contributed by atoms with Crippen molar-refractivity contribution >= 4 is 15.5 Å². The van der Waals surface area contributed by atoms with Gasteiger partial charge in [0, 0.05) is 19.3 Å². The lowest BCUT2D eigenvalue weighted by molar-refractivity contribution is 0.562. The summed E-state index contributed by atoms with van der Waals surface area (Å²) in [5.74, 6) is 0. The van der Waals surface area contributed by atoms with Crippen molar-refractivity contribution in [3.05, 3.63) is 24.3 Å².